The van der Waals surface area contributed by atoms with Crippen molar-refractivity contribution in [2.24, 2.45) is 4.99 Å². The van der Waals surface area contributed by atoms with Gasteiger partial charge in [0.2, 0.25) is 5.91 Å². The Morgan fingerprint density at radius 3 is 2.81 bits per heavy atom. The number of nitrogens with one attached hydrogen (secondary N) is 1. The molecule has 1 aromatic carbocycles. The van der Waals surface area contributed by atoms with E-state index in [0.717, 1.165) is 0 Å². The first-order valence-corrected chi connectivity index (χ1v) is 6.21. The number of halogens is 2. The number of hydrogen-bond acceptors (Lipinski definition) is 3. The molecule has 1 heterocycles. The fourth-order valence-electron chi connectivity index (χ4n) is 1.20. The molecule has 1 atom stereocenters. The van der Waals surface area contributed by atoms with Crippen LogP contribution in [0.15, 0.2) is 23.2 Å². The molecule has 1 aliphatic rings. The molecule has 0 radical (unpaired) electrons. The van der Waals surface area contributed by atoms with Crippen LogP contribution < -0.4 is 5.32 Å². The molecule has 1 saturated heterocycles. The van der Waals surface area contributed by atoms with Gasteiger partial charge in [-0.05, 0) is 19.1 Å². The van der Waals surface area contributed by atoms with E-state index in [1.54, 1.807) is 18.2 Å². The Labute approximate surface area is 107 Å². The van der Waals surface area contributed by atoms with Gasteiger partial charge in [-0.25, -0.2) is 4.99 Å². The van der Waals surface area contributed by atoms with Crippen molar-refractivity contribution in [2.75, 3.05) is 0 Å². The van der Waals surface area contributed by atoms with Crippen LogP contribution in [0.25, 0.3) is 0 Å². The largest absolute Gasteiger partial charge is 0.304 e. The number of aliphatic imine (C=N–C) groups is 1. The predicted octanol–water partition coefficient (Wildman–Crippen LogP) is 3.23. The molecule has 6 heteroatoms. The van der Waals surface area contributed by atoms with E-state index in [0.29, 0.717) is 20.9 Å². The second-order valence-corrected chi connectivity index (χ2v) is 5.35. The van der Waals surface area contributed by atoms with Gasteiger partial charge < -0.3 is 5.32 Å². The molecule has 1 amide bonds. The van der Waals surface area contributed by atoms with Crippen LogP contribution in [0.4, 0.5) is 5.69 Å². The van der Waals surface area contributed by atoms with E-state index in [2.05, 4.69) is 10.3 Å². The van der Waals surface area contributed by atoms with Crippen LogP contribution in [0, 0.1) is 0 Å². The maximum absolute atomic E-state index is 11.3. The molecule has 1 N–H and O–H groups in total. The van der Waals surface area contributed by atoms with Gasteiger partial charge >= 0.3 is 0 Å². The van der Waals surface area contributed by atoms with Crippen molar-refractivity contribution in [1.29, 1.82) is 0 Å². The number of hydrogen-bond donors (Lipinski definition) is 1. The average Bonchev–Trinajstić information content (AvgIpc) is 2.54. The molecule has 2 rings (SSSR count). The van der Waals surface area contributed by atoms with Crippen molar-refractivity contribution in [3.63, 3.8) is 0 Å². The first kappa shape index (κ1) is 11.8. The SMILES string of the molecule is CC1SC(=Nc2cccc(Cl)c2Cl)NC1=O. The monoisotopic (exact) mass is 274 g/mol. The van der Waals surface area contributed by atoms with Crippen LogP contribution in [0.3, 0.4) is 0 Å². The molecule has 0 spiro atoms. The van der Waals surface area contributed by atoms with E-state index in [9.17, 15) is 4.79 Å². The lowest BCUT2D eigenvalue weighted by molar-refractivity contribution is -0.118. The van der Waals surface area contributed by atoms with Crippen LogP contribution in [0.5, 0.6) is 0 Å². The second-order valence-electron chi connectivity index (χ2n) is 3.24. The Hall–Kier alpha value is -0.710. The zero-order valence-corrected chi connectivity index (χ0v) is 10.7. The van der Waals surface area contributed by atoms with Crippen molar-refractivity contribution in [1.82, 2.24) is 5.32 Å². The summed E-state index contributed by atoms with van der Waals surface area (Å²) in [6.45, 7) is 1.82. The normalized spacial score (nSPS) is 22.6. The van der Waals surface area contributed by atoms with Gasteiger partial charge in [-0.3, -0.25) is 4.79 Å². The number of nitrogens with zero attached hydrogens (tertiary/aromatic N) is 1. The first-order valence-electron chi connectivity index (χ1n) is 4.58. The molecule has 3 nitrogen and oxygen atoms in total. The van der Waals surface area contributed by atoms with E-state index in [-0.39, 0.29) is 11.2 Å². The number of benzene rings is 1. The Balaban J connectivity index is 2.30. The van der Waals surface area contributed by atoms with Gasteiger partial charge in [0, 0.05) is 0 Å². The van der Waals surface area contributed by atoms with Crippen LogP contribution in [-0.2, 0) is 4.79 Å². The van der Waals surface area contributed by atoms with Crippen LogP contribution in [0.2, 0.25) is 10.0 Å². The Bertz CT molecular complexity index is 476. The van der Waals surface area contributed by atoms with Crippen LogP contribution >= 0.6 is 35.0 Å². The topological polar surface area (TPSA) is 41.5 Å². The molecule has 1 unspecified atom stereocenters. The summed E-state index contributed by atoms with van der Waals surface area (Å²) in [5.41, 5.74) is 0.561. The quantitative estimate of drug-likeness (QED) is 0.854. The van der Waals surface area contributed by atoms with Crippen LogP contribution in [0.1, 0.15) is 6.92 Å². The van der Waals surface area contributed by atoms with Gasteiger partial charge in [0.25, 0.3) is 0 Å². The van der Waals surface area contributed by atoms with E-state index >= 15 is 0 Å². The zero-order chi connectivity index (χ0) is 11.7. The summed E-state index contributed by atoms with van der Waals surface area (Å²) in [6, 6.07) is 5.20. The predicted molar refractivity (Wildman–Crippen MR) is 68.8 cm³/mol. The lowest BCUT2D eigenvalue weighted by atomic mass is 10.3. The highest BCUT2D eigenvalue weighted by molar-refractivity contribution is 8.15. The Morgan fingerprint density at radius 2 is 2.19 bits per heavy atom. The van der Waals surface area contributed by atoms with E-state index < -0.39 is 0 Å². The summed E-state index contributed by atoms with van der Waals surface area (Å²) in [6.07, 6.45) is 0. The lowest BCUT2D eigenvalue weighted by Crippen LogP contribution is -2.23. The van der Waals surface area contributed by atoms with Gasteiger partial charge in [0.15, 0.2) is 5.17 Å². The molecule has 16 heavy (non-hydrogen) atoms. The van der Waals surface area contributed by atoms with Gasteiger partial charge in [0.1, 0.15) is 0 Å². The lowest BCUT2D eigenvalue weighted by Gasteiger charge is -2.01. The van der Waals surface area contributed by atoms with Gasteiger partial charge in [-0.1, -0.05) is 41.0 Å². The number of amidine groups is 1. The molecule has 0 saturated carbocycles. The van der Waals surface area contributed by atoms with Gasteiger partial charge in [0.05, 0.1) is 21.0 Å². The highest BCUT2D eigenvalue weighted by atomic mass is 35.5. The molecule has 0 aliphatic carbocycles. The van der Waals surface area contributed by atoms with Crippen LogP contribution in [-0.4, -0.2) is 16.3 Å². The molecule has 0 bridgehead atoms. The maximum Gasteiger partial charge on any atom is 0.239 e. The summed E-state index contributed by atoms with van der Waals surface area (Å²) in [4.78, 5) is 15.5. The molecule has 0 aromatic heterocycles. The number of rotatable bonds is 1. The number of carbonyl (C=O) groups is 1. The maximum atomic E-state index is 11.3. The number of thioether (sulfide) groups is 1. The summed E-state index contributed by atoms with van der Waals surface area (Å²) >= 11 is 13.2. The Kier molecular flexibility index (Phi) is 3.42. The third-order valence-corrected chi connectivity index (χ3v) is 3.83. The average molecular weight is 275 g/mol. The number of amides is 1. The Morgan fingerprint density at radius 1 is 1.44 bits per heavy atom. The van der Waals surface area contributed by atoms with Crippen molar-refractivity contribution in [3.8, 4) is 0 Å². The fraction of sp³-hybridized carbons (Fsp3) is 0.200. The van der Waals surface area contributed by atoms with Crippen molar-refractivity contribution in [2.45, 2.75) is 12.2 Å². The summed E-state index contributed by atoms with van der Waals surface area (Å²) in [5, 5.41) is 3.96. The molecule has 1 aromatic rings. The molecule has 1 fully saturated rings. The fourth-order valence-corrected chi connectivity index (χ4v) is 2.35. The highest BCUT2D eigenvalue weighted by Gasteiger charge is 2.25. The second kappa shape index (κ2) is 4.65. The standard InChI is InChI=1S/C10H8Cl2N2OS/c1-5-9(15)14-10(16-5)13-7-4-2-3-6(11)8(7)12/h2-5H,1H3,(H,13,14,15). The van der Waals surface area contributed by atoms with E-state index in [1.165, 1.54) is 11.8 Å². The molecular formula is C10H8Cl2N2OS. The summed E-state index contributed by atoms with van der Waals surface area (Å²) in [5.74, 6) is -0.0399. The van der Waals surface area contributed by atoms with E-state index in [1.807, 2.05) is 6.92 Å². The van der Waals surface area contributed by atoms with Crippen molar-refractivity contribution in [3.05, 3.63) is 28.2 Å². The van der Waals surface area contributed by atoms with Crippen molar-refractivity contribution < 1.29 is 4.79 Å². The molecular weight excluding hydrogens is 267 g/mol. The van der Waals surface area contributed by atoms with Crippen molar-refractivity contribution >= 4 is 51.7 Å². The molecule has 84 valence electrons. The summed E-state index contributed by atoms with van der Waals surface area (Å²) in [7, 11) is 0. The zero-order valence-electron chi connectivity index (χ0n) is 8.33. The van der Waals surface area contributed by atoms with Gasteiger partial charge in [-0.2, -0.15) is 0 Å². The minimum absolute atomic E-state index is 0.0399. The third-order valence-electron chi connectivity index (χ3n) is 2.04. The summed E-state index contributed by atoms with van der Waals surface area (Å²) < 4.78 is 0. The highest BCUT2D eigenvalue weighted by Crippen LogP contribution is 2.33. The third kappa shape index (κ3) is 2.34. The smallest absolute Gasteiger partial charge is 0.239 e. The minimum atomic E-state index is -0.114. The van der Waals surface area contributed by atoms with E-state index in [4.69, 9.17) is 23.2 Å². The first-order chi connectivity index (χ1) is 7.58. The molecule has 1 aliphatic heterocycles. The minimum Gasteiger partial charge on any atom is -0.304 e. The number of carbonyl (C=O) groups excluding carboxylic acids is 1. The van der Waals surface area contributed by atoms with Gasteiger partial charge in [-0.15, -0.1) is 0 Å².